The van der Waals surface area contributed by atoms with Gasteiger partial charge in [-0.2, -0.15) is 0 Å². The summed E-state index contributed by atoms with van der Waals surface area (Å²) in [5.74, 6) is 0.947. The van der Waals surface area contributed by atoms with E-state index in [1.165, 1.54) is 50.0 Å². The minimum Gasteiger partial charge on any atom is -0.379 e. The first-order valence-corrected chi connectivity index (χ1v) is 11.4. The van der Waals surface area contributed by atoms with Crippen LogP contribution in [0.15, 0.2) is 29.3 Å². The van der Waals surface area contributed by atoms with E-state index < -0.39 is 0 Å². The van der Waals surface area contributed by atoms with Crippen molar-refractivity contribution in [2.75, 3.05) is 52.5 Å². The molecule has 0 amide bonds. The molecule has 2 fully saturated rings. The highest BCUT2D eigenvalue weighted by Crippen LogP contribution is 2.15. The highest BCUT2D eigenvalue weighted by atomic mass is 16.5. The number of guanidine groups is 1. The van der Waals surface area contributed by atoms with Gasteiger partial charge in [0.25, 0.3) is 0 Å². The molecule has 0 aliphatic carbocycles. The topological polar surface area (TPSA) is 52.1 Å². The molecule has 2 heterocycles. The lowest BCUT2D eigenvalue weighted by Crippen LogP contribution is -2.48. The molecule has 2 saturated heterocycles. The van der Waals surface area contributed by atoms with Gasteiger partial charge in [0, 0.05) is 45.3 Å². The van der Waals surface area contributed by atoms with Crippen molar-refractivity contribution >= 4 is 5.96 Å². The molecule has 0 spiro atoms. The molecule has 2 N–H and O–H groups in total. The molecule has 0 bridgehead atoms. The van der Waals surface area contributed by atoms with E-state index in [4.69, 9.17) is 9.73 Å². The van der Waals surface area contributed by atoms with Crippen LogP contribution in [0.3, 0.4) is 0 Å². The Morgan fingerprint density at radius 2 is 1.76 bits per heavy atom. The summed E-state index contributed by atoms with van der Waals surface area (Å²) >= 11 is 0. The number of morpholine rings is 1. The zero-order chi connectivity index (χ0) is 20.3. The molecule has 3 rings (SSSR count). The first-order chi connectivity index (χ1) is 14.3. The minimum absolute atomic E-state index is 0.518. The molecule has 0 saturated carbocycles. The fraction of sp³-hybridized carbons (Fsp3) is 0.696. The first-order valence-electron chi connectivity index (χ1n) is 11.4. The highest BCUT2D eigenvalue weighted by Gasteiger charge is 2.19. The Bertz CT molecular complexity index is 621. The standard InChI is InChI=1S/C23H39N5O/c1-3-11-27-12-9-22(10-13-27)26-23(24-4-2)25-18-20-7-5-6-8-21(20)19-28-14-16-29-17-15-28/h5-8,22H,3-4,9-19H2,1-2H3,(H2,24,25,26). The molecule has 1 aromatic carbocycles. The van der Waals surface area contributed by atoms with E-state index in [1.807, 2.05) is 0 Å². The van der Waals surface area contributed by atoms with Crippen molar-refractivity contribution in [3.8, 4) is 0 Å². The SMILES string of the molecule is CCCN1CCC(NC(=NCc2ccccc2CN2CCOCC2)NCC)CC1. The molecule has 6 nitrogen and oxygen atoms in total. The molecule has 0 unspecified atom stereocenters. The van der Waals surface area contributed by atoms with E-state index in [0.29, 0.717) is 12.6 Å². The summed E-state index contributed by atoms with van der Waals surface area (Å²) in [6.07, 6.45) is 3.63. The van der Waals surface area contributed by atoms with Crippen LogP contribution in [0.4, 0.5) is 0 Å². The van der Waals surface area contributed by atoms with Gasteiger partial charge in [0.05, 0.1) is 19.8 Å². The third-order valence-electron chi connectivity index (χ3n) is 5.84. The minimum atomic E-state index is 0.518. The lowest BCUT2D eigenvalue weighted by atomic mass is 10.1. The Labute approximate surface area is 176 Å². The molecular weight excluding hydrogens is 362 g/mol. The zero-order valence-electron chi connectivity index (χ0n) is 18.3. The molecule has 6 heteroatoms. The maximum atomic E-state index is 5.48. The van der Waals surface area contributed by atoms with Gasteiger partial charge in [0.2, 0.25) is 0 Å². The van der Waals surface area contributed by atoms with Crippen LogP contribution in [0.1, 0.15) is 44.2 Å². The van der Waals surface area contributed by atoms with Crippen molar-refractivity contribution in [3.63, 3.8) is 0 Å². The van der Waals surface area contributed by atoms with Gasteiger partial charge in [0.1, 0.15) is 0 Å². The maximum Gasteiger partial charge on any atom is 0.191 e. The van der Waals surface area contributed by atoms with Crippen molar-refractivity contribution in [3.05, 3.63) is 35.4 Å². The highest BCUT2D eigenvalue weighted by molar-refractivity contribution is 5.80. The van der Waals surface area contributed by atoms with Gasteiger partial charge in [-0.1, -0.05) is 31.2 Å². The van der Waals surface area contributed by atoms with Gasteiger partial charge in [-0.05, 0) is 43.9 Å². The third kappa shape index (κ3) is 7.28. The van der Waals surface area contributed by atoms with Crippen LogP contribution in [0.5, 0.6) is 0 Å². The molecule has 0 radical (unpaired) electrons. The van der Waals surface area contributed by atoms with E-state index in [-0.39, 0.29) is 0 Å². The number of rotatable bonds is 8. The number of hydrogen-bond acceptors (Lipinski definition) is 4. The van der Waals surface area contributed by atoms with E-state index in [0.717, 1.165) is 45.4 Å². The number of nitrogens with zero attached hydrogens (tertiary/aromatic N) is 3. The van der Waals surface area contributed by atoms with Gasteiger partial charge < -0.3 is 20.3 Å². The van der Waals surface area contributed by atoms with E-state index in [9.17, 15) is 0 Å². The van der Waals surface area contributed by atoms with Gasteiger partial charge in [0.15, 0.2) is 5.96 Å². The fourth-order valence-corrected chi connectivity index (χ4v) is 4.16. The van der Waals surface area contributed by atoms with Crippen molar-refractivity contribution in [2.24, 2.45) is 4.99 Å². The summed E-state index contributed by atoms with van der Waals surface area (Å²) in [5.41, 5.74) is 2.69. The second-order valence-electron chi connectivity index (χ2n) is 8.11. The van der Waals surface area contributed by atoms with Gasteiger partial charge in [-0.3, -0.25) is 4.90 Å². The lowest BCUT2D eigenvalue weighted by molar-refractivity contribution is 0.0341. The zero-order valence-corrected chi connectivity index (χ0v) is 18.3. The monoisotopic (exact) mass is 401 g/mol. The summed E-state index contributed by atoms with van der Waals surface area (Å²) in [4.78, 5) is 9.97. The van der Waals surface area contributed by atoms with Crippen LogP contribution < -0.4 is 10.6 Å². The fourth-order valence-electron chi connectivity index (χ4n) is 4.16. The maximum absolute atomic E-state index is 5.48. The van der Waals surface area contributed by atoms with E-state index >= 15 is 0 Å². The normalized spacial score (nSPS) is 20.0. The summed E-state index contributed by atoms with van der Waals surface area (Å²) in [6, 6.07) is 9.23. The summed E-state index contributed by atoms with van der Waals surface area (Å²) in [6.45, 7) is 14.3. The average molecular weight is 402 g/mol. The molecule has 1 aromatic rings. The van der Waals surface area contributed by atoms with Gasteiger partial charge >= 0.3 is 0 Å². The summed E-state index contributed by atoms with van der Waals surface area (Å²) in [5, 5.41) is 7.11. The van der Waals surface area contributed by atoms with Gasteiger partial charge in [-0.25, -0.2) is 4.99 Å². The average Bonchev–Trinajstić information content (AvgIpc) is 2.75. The molecule has 0 atom stereocenters. The summed E-state index contributed by atoms with van der Waals surface area (Å²) in [7, 11) is 0. The van der Waals surface area contributed by atoms with Crippen LogP contribution in [0, 0.1) is 0 Å². The molecular formula is C23H39N5O. The molecule has 2 aliphatic rings. The Kier molecular flexibility index (Phi) is 9.25. The second kappa shape index (κ2) is 12.2. The third-order valence-corrected chi connectivity index (χ3v) is 5.84. The number of nitrogens with one attached hydrogen (secondary N) is 2. The van der Waals surface area contributed by atoms with E-state index in [2.05, 4.69) is 58.5 Å². The molecule has 29 heavy (non-hydrogen) atoms. The number of ether oxygens (including phenoxy) is 1. The molecule has 0 aromatic heterocycles. The number of hydrogen-bond donors (Lipinski definition) is 2. The van der Waals surface area contributed by atoms with Crippen LogP contribution >= 0.6 is 0 Å². The van der Waals surface area contributed by atoms with Crippen LogP contribution in [-0.4, -0.2) is 74.3 Å². The van der Waals surface area contributed by atoms with Crippen molar-refractivity contribution in [2.45, 2.75) is 52.2 Å². The largest absolute Gasteiger partial charge is 0.379 e. The Morgan fingerprint density at radius 3 is 2.45 bits per heavy atom. The van der Waals surface area contributed by atoms with Crippen LogP contribution in [-0.2, 0) is 17.8 Å². The Balaban J connectivity index is 1.57. The van der Waals surface area contributed by atoms with Crippen molar-refractivity contribution < 1.29 is 4.74 Å². The first kappa shape index (κ1) is 22.1. The van der Waals surface area contributed by atoms with Crippen molar-refractivity contribution in [1.82, 2.24) is 20.4 Å². The van der Waals surface area contributed by atoms with Gasteiger partial charge in [-0.15, -0.1) is 0 Å². The smallest absolute Gasteiger partial charge is 0.191 e. The lowest BCUT2D eigenvalue weighted by Gasteiger charge is -2.32. The predicted molar refractivity (Wildman–Crippen MR) is 120 cm³/mol. The number of benzene rings is 1. The van der Waals surface area contributed by atoms with Crippen molar-refractivity contribution in [1.29, 1.82) is 0 Å². The number of piperidine rings is 1. The van der Waals surface area contributed by atoms with E-state index in [1.54, 1.807) is 0 Å². The molecule has 162 valence electrons. The second-order valence-corrected chi connectivity index (χ2v) is 8.11. The Morgan fingerprint density at radius 1 is 1.03 bits per heavy atom. The van der Waals surface area contributed by atoms with Crippen LogP contribution in [0.25, 0.3) is 0 Å². The van der Waals surface area contributed by atoms with Crippen LogP contribution in [0.2, 0.25) is 0 Å². The molecule has 2 aliphatic heterocycles. The summed E-state index contributed by atoms with van der Waals surface area (Å²) < 4.78 is 5.48. The number of likely N-dealkylation sites (tertiary alicyclic amines) is 1. The number of aliphatic imine (C=N–C) groups is 1. The predicted octanol–water partition coefficient (Wildman–Crippen LogP) is 2.45. The quantitative estimate of drug-likeness (QED) is 0.518. The Hall–Kier alpha value is -1.63.